The van der Waals surface area contributed by atoms with Gasteiger partial charge >= 0.3 is 63.3 Å². The van der Waals surface area contributed by atoms with Crippen LogP contribution in [-0.2, 0) is 9.59 Å². The second kappa shape index (κ2) is 6.09. The molecule has 66 valence electrons. The third-order valence-corrected chi connectivity index (χ3v) is 2.03. The van der Waals surface area contributed by atoms with E-state index in [4.69, 9.17) is 10.2 Å². The molecule has 12 heavy (non-hydrogen) atoms. The molecule has 0 radical (unpaired) electrons. The summed E-state index contributed by atoms with van der Waals surface area (Å²) < 4.78 is 0. The van der Waals surface area contributed by atoms with E-state index < -0.39 is 17.4 Å². The van der Waals surface area contributed by atoms with Gasteiger partial charge in [0, 0.05) is 0 Å². The van der Waals surface area contributed by atoms with Crippen LogP contribution in [0.1, 0.15) is 26.7 Å². The Morgan fingerprint density at radius 2 is 1.33 bits per heavy atom. The van der Waals surface area contributed by atoms with Gasteiger partial charge in [-0.25, -0.2) is 0 Å². The van der Waals surface area contributed by atoms with Crippen LogP contribution in [0.15, 0.2) is 0 Å². The molecule has 0 bridgehead atoms. The molecule has 0 amide bonds. The van der Waals surface area contributed by atoms with Gasteiger partial charge in [0.2, 0.25) is 0 Å². The zero-order chi connectivity index (χ0) is 9.07. The Balaban J connectivity index is 0. The van der Waals surface area contributed by atoms with Crippen LogP contribution in [0.25, 0.3) is 0 Å². The van der Waals surface area contributed by atoms with Crippen molar-refractivity contribution in [3.63, 3.8) is 0 Å². The average molecular weight is 200 g/mol. The minimum absolute atomic E-state index is 0. The van der Waals surface area contributed by atoms with E-state index in [1.54, 1.807) is 13.8 Å². The van der Waals surface area contributed by atoms with Crippen molar-refractivity contribution in [2.75, 3.05) is 0 Å². The summed E-state index contributed by atoms with van der Waals surface area (Å²) in [6, 6.07) is 0. The Kier molecular flexibility index (Phi) is 7.65. The van der Waals surface area contributed by atoms with E-state index in [1.807, 2.05) is 0 Å². The molecular weight excluding hydrogens is 187 g/mol. The third-order valence-electron chi connectivity index (χ3n) is 2.03. The van der Waals surface area contributed by atoms with Crippen molar-refractivity contribution in [2.24, 2.45) is 5.41 Å². The van der Waals surface area contributed by atoms with E-state index in [0.29, 0.717) is 0 Å². The van der Waals surface area contributed by atoms with Gasteiger partial charge in [0.15, 0.2) is 5.41 Å². The first-order valence-electron chi connectivity index (χ1n) is 3.48. The number of carbonyl (C=O) groups is 2. The Morgan fingerprint density at radius 1 is 1.08 bits per heavy atom. The van der Waals surface area contributed by atoms with Gasteiger partial charge in [-0.2, -0.15) is 0 Å². The first-order chi connectivity index (χ1) is 5.01. The molecule has 0 saturated carbocycles. The summed E-state index contributed by atoms with van der Waals surface area (Å²) in [4.78, 5) is 21.1. The van der Waals surface area contributed by atoms with Gasteiger partial charge in [0.1, 0.15) is 0 Å². The predicted molar refractivity (Wildman–Crippen MR) is 45.4 cm³/mol. The van der Waals surface area contributed by atoms with Crippen LogP contribution < -0.4 is 0 Å². The summed E-state index contributed by atoms with van der Waals surface area (Å²) in [6.07, 6.45) is 0.238. The first-order valence-corrected chi connectivity index (χ1v) is 3.48. The van der Waals surface area contributed by atoms with Crippen molar-refractivity contribution in [3.05, 3.63) is 0 Å². The SMILES string of the molecule is CCC(CC)(C(=O)O)C(=O)O.[KH]. The van der Waals surface area contributed by atoms with Gasteiger partial charge in [-0.1, -0.05) is 13.8 Å². The Hall–Kier alpha value is 0.576. The molecule has 5 heteroatoms. The normalized spacial score (nSPS) is 10.2. The quantitative estimate of drug-likeness (QED) is 0.506. The molecule has 0 unspecified atom stereocenters. The van der Waals surface area contributed by atoms with Crippen LogP contribution in [-0.4, -0.2) is 73.5 Å². The number of carboxylic acid groups (broad SMARTS) is 2. The van der Waals surface area contributed by atoms with Crippen LogP contribution >= 0.6 is 0 Å². The minimum atomic E-state index is -1.58. The number of aliphatic carboxylic acids is 2. The van der Waals surface area contributed by atoms with Gasteiger partial charge in [-0.05, 0) is 12.8 Å². The van der Waals surface area contributed by atoms with Crippen LogP contribution in [0.5, 0.6) is 0 Å². The summed E-state index contributed by atoms with van der Waals surface area (Å²) in [5, 5.41) is 17.2. The molecule has 0 aromatic rings. The molecule has 2 N–H and O–H groups in total. The zero-order valence-corrected chi connectivity index (χ0v) is 6.63. The maximum atomic E-state index is 10.5. The van der Waals surface area contributed by atoms with E-state index in [0.717, 1.165) is 0 Å². The third kappa shape index (κ3) is 2.81. The molecule has 0 fully saturated rings. The molecule has 0 aromatic carbocycles. The predicted octanol–water partition coefficient (Wildman–Crippen LogP) is 0.313. The van der Waals surface area contributed by atoms with Crippen LogP contribution in [0.3, 0.4) is 0 Å². The second-order valence-electron chi connectivity index (χ2n) is 2.40. The molecule has 0 atom stereocenters. The second-order valence-corrected chi connectivity index (χ2v) is 2.40. The van der Waals surface area contributed by atoms with Gasteiger partial charge < -0.3 is 10.2 Å². The molecule has 0 aliphatic heterocycles. The van der Waals surface area contributed by atoms with Crippen LogP contribution in [0.2, 0.25) is 0 Å². The molecule has 0 saturated heterocycles. The van der Waals surface area contributed by atoms with E-state index in [1.165, 1.54) is 0 Å². The molecule has 0 rings (SSSR count). The van der Waals surface area contributed by atoms with Crippen molar-refractivity contribution in [1.82, 2.24) is 0 Å². The topological polar surface area (TPSA) is 74.6 Å². The zero-order valence-electron chi connectivity index (χ0n) is 6.63. The van der Waals surface area contributed by atoms with Gasteiger partial charge in [-0.3, -0.25) is 9.59 Å². The average Bonchev–Trinajstić information content (AvgIpc) is 1.90. The van der Waals surface area contributed by atoms with Gasteiger partial charge in [0.05, 0.1) is 0 Å². The summed E-state index contributed by atoms with van der Waals surface area (Å²) in [5.41, 5.74) is -1.58. The number of hydrogen-bond acceptors (Lipinski definition) is 2. The summed E-state index contributed by atoms with van der Waals surface area (Å²) in [5.74, 6) is -2.51. The maximum absolute atomic E-state index is 10.5. The molecule has 0 aliphatic carbocycles. The van der Waals surface area contributed by atoms with Crippen LogP contribution in [0, 0.1) is 5.41 Å². The Bertz CT molecular complexity index is 158. The van der Waals surface area contributed by atoms with Gasteiger partial charge in [-0.15, -0.1) is 0 Å². The van der Waals surface area contributed by atoms with Crippen molar-refractivity contribution in [3.8, 4) is 0 Å². The van der Waals surface area contributed by atoms with Gasteiger partial charge in [0.25, 0.3) is 0 Å². The van der Waals surface area contributed by atoms with Crippen LogP contribution in [0.4, 0.5) is 0 Å². The summed E-state index contributed by atoms with van der Waals surface area (Å²) >= 11 is 0. The standard InChI is InChI=1S/C7H12O4.K.H/c1-3-7(4-2,5(8)9)6(10)11;;/h3-4H2,1-2H3,(H,8,9)(H,10,11);;. The molecule has 0 aliphatic rings. The molecule has 4 nitrogen and oxygen atoms in total. The molecule has 0 heterocycles. The van der Waals surface area contributed by atoms with E-state index in [-0.39, 0.29) is 64.2 Å². The molecule has 0 aromatic heterocycles. The molecule has 0 spiro atoms. The number of carboxylic acids is 2. The summed E-state index contributed by atoms with van der Waals surface area (Å²) in [7, 11) is 0. The first kappa shape index (κ1) is 15.1. The summed E-state index contributed by atoms with van der Waals surface area (Å²) in [6.45, 7) is 3.12. The fraction of sp³-hybridized carbons (Fsp3) is 0.714. The van der Waals surface area contributed by atoms with Crippen molar-refractivity contribution >= 4 is 63.3 Å². The fourth-order valence-electron chi connectivity index (χ4n) is 0.946. The number of rotatable bonds is 4. The van der Waals surface area contributed by atoms with E-state index in [9.17, 15) is 9.59 Å². The monoisotopic (exact) mass is 200 g/mol. The van der Waals surface area contributed by atoms with Crippen molar-refractivity contribution < 1.29 is 19.8 Å². The number of hydrogen-bond donors (Lipinski definition) is 2. The Labute approximate surface area is 114 Å². The van der Waals surface area contributed by atoms with E-state index >= 15 is 0 Å². The van der Waals surface area contributed by atoms with Crippen molar-refractivity contribution in [1.29, 1.82) is 0 Å². The van der Waals surface area contributed by atoms with E-state index in [2.05, 4.69) is 0 Å². The Morgan fingerprint density at radius 3 is 1.33 bits per heavy atom. The molecular formula is C7H13KO4. The fourth-order valence-corrected chi connectivity index (χ4v) is 0.946. The van der Waals surface area contributed by atoms with Crippen molar-refractivity contribution in [2.45, 2.75) is 26.7 Å².